The summed E-state index contributed by atoms with van der Waals surface area (Å²) in [5.74, 6) is 0.996. The van der Waals surface area contributed by atoms with Crippen molar-refractivity contribution in [1.82, 2.24) is 15.3 Å². The molecule has 0 spiro atoms. The van der Waals surface area contributed by atoms with Gasteiger partial charge in [0.15, 0.2) is 0 Å². The fraction of sp³-hybridized carbons (Fsp3) is 0.375. The van der Waals surface area contributed by atoms with Crippen LogP contribution < -0.4 is 16.0 Å². The van der Waals surface area contributed by atoms with E-state index in [2.05, 4.69) is 30.3 Å². The number of rotatable bonds is 8. The van der Waals surface area contributed by atoms with Gasteiger partial charge in [-0.2, -0.15) is 4.98 Å². The third-order valence-electron chi connectivity index (χ3n) is 5.72. The monoisotopic (exact) mass is 514 g/mol. The van der Waals surface area contributed by atoms with Gasteiger partial charge in [0.25, 0.3) is 0 Å². The van der Waals surface area contributed by atoms with Crippen molar-refractivity contribution in [3.63, 3.8) is 0 Å². The van der Waals surface area contributed by atoms with Crippen LogP contribution in [0.5, 0.6) is 0 Å². The number of hydrogen-bond acceptors (Lipinski definition) is 8. The highest BCUT2D eigenvalue weighted by Crippen LogP contribution is 2.31. The number of carbonyl (C=O) groups is 1. The summed E-state index contributed by atoms with van der Waals surface area (Å²) in [4.78, 5) is 22.8. The van der Waals surface area contributed by atoms with Crippen LogP contribution in [0.2, 0.25) is 0 Å². The maximum absolute atomic E-state index is 13.1. The summed E-state index contributed by atoms with van der Waals surface area (Å²) in [5, 5.41) is 20.7. The van der Waals surface area contributed by atoms with Crippen molar-refractivity contribution in [1.29, 1.82) is 0 Å². The molecular formula is C24H30N6O3S2. The smallest absolute Gasteiger partial charge is 0.349 e. The molecule has 1 fully saturated rings. The highest BCUT2D eigenvalue weighted by molar-refractivity contribution is 7.93. The summed E-state index contributed by atoms with van der Waals surface area (Å²) in [7, 11) is -2.87. The lowest BCUT2D eigenvalue weighted by Gasteiger charge is -2.16. The number of carbonyl (C=O) groups excluding carboxylic acids is 1. The topological polar surface area (TPSA) is 129 Å². The summed E-state index contributed by atoms with van der Waals surface area (Å²) >= 11 is 1.58. The molecule has 1 unspecified atom stereocenters. The molecule has 11 heteroatoms. The minimum absolute atomic E-state index is 0.0296. The van der Waals surface area contributed by atoms with Crippen molar-refractivity contribution in [3.8, 4) is 10.4 Å². The van der Waals surface area contributed by atoms with Crippen LogP contribution in [0.15, 0.2) is 57.2 Å². The molecule has 0 saturated heterocycles. The molecule has 2 heterocycles. The first-order valence-corrected chi connectivity index (χ1v) is 14.3. The molecule has 186 valence electrons. The van der Waals surface area contributed by atoms with Gasteiger partial charge in [-0.05, 0) is 55.5 Å². The highest BCUT2D eigenvalue weighted by Gasteiger charge is 2.18. The van der Waals surface area contributed by atoms with Gasteiger partial charge < -0.3 is 21.1 Å². The molecule has 1 saturated carbocycles. The van der Waals surface area contributed by atoms with Gasteiger partial charge in [-0.1, -0.05) is 18.9 Å². The predicted octanol–water partition coefficient (Wildman–Crippen LogP) is 4.85. The zero-order chi connectivity index (χ0) is 24.8. The van der Waals surface area contributed by atoms with Crippen LogP contribution in [0.25, 0.3) is 10.4 Å². The summed E-state index contributed by atoms with van der Waals surface area (Å²) in [6, 6.07) is 10.2. The Kier molecular flexibility index (Phi) is 7.99. The molecule has 0 radical (unpaired) electrons. The number of nitrogens with one attached hydrogen (secondary N) is 3. The van der Waals surface area contributed by atoms with E-state index in [1.54, 1.807) is 41.8 Å². The number of anilines is 3. The number of aromatic nitrogens is 2. The first-order valence-electron chi connectivity index (χ1n) is 11.5. The van der Waals surface area contributed by atoms with Crippen LogP contribution in [-0.4, -0.2) is 50.3 Å². The van der Waals surface area contributed by atoms with Gasteiger partial charge in [-0.15, -0.1) is 15.7 Å². The van der Waals surface area contributed by atoms with Crippen LogP contribution >= 0.6 is 11.3 Å². The number of amides is 2. The molecule has 1 aliphatic rings. The second-order valence-electron chi connectivity index (χ2n) is 8.64. The van der Waals surface area contributed by atoms with Gasteiger partial charge >= 0.3 is 6.03 Å². The van der Waals surface area contributed by atoms with Crippen LogP contribution in [0.3, 0.4) is 0 Å². The first-order chi connectivity index (χ1) is 16.8. The maximum atomic E-state index is 13.1. The largest absolute Gasteiger partial charge is 0.394 e. The molecule has 35 heavy (non-hydrogen) atoms. The zero-order valence-corrected chi connectivity index (χ0v) is 21.4. The van der Waals surface area contributed by atoms with Crippen LogP contribution in [0.4, 0.5) is 22.2 Å². The summed E-state index contributed by atoms with van der Waals surface area (Å²) in [5.41, 5.74) is 1.55. The van der Waals surface area contributed by atoms with Crippen molar-refractivity contribution < 1.29 is 14.1 Å². The molecule has 2 aromatic heterocycles. The average Bonchev–Trinajstić information content (AvgIpc) is 3.54. The van der Waals surface area contributed by atoms with Gasteiger partial charge in [0.2, 0.25) is 5.95 Å². The first kappa shape index (κ1) is 25.1. The van der Waals surface area contributed by atoms with Crippen molar-refractivity contribution in [2.75, 3.05) is 23.5 Å². The van der Waals surface area contributed by atoms with E-state index >= 15 is 0 Å². The molecule has 1 aromatic carbocycles. The minimum atomic E-state index is -2.87. The number of aliphatic hydroxyl groups is 1. The Morgan fingerprint density at radius 1 is 1.26 bits per heavy atom. The lowest BCUT2D eigenvalue weighted by molar-refractivity contribution is 0.246. The Morgan fingerprint density at radius 2 is 2.00 bits per heavy atom. The molecule has 4 rings (SSSR count). The Morgan fingerprint density at radius 3 is 2.66 bits per heavy atom. The van der Waals surface area contributed by atoms with E-state index in [9.17, 15) is 14.1 Å². The molecule has 9 nitrogen and oxygen atoms in total. The fourth-order valence-corrected chi connectivity index (χ4v) is 5.70. The van der Waals surface area contributed by atoms with E-state index in [-0.39, 0.29) is 18.7 Å². The molecule has 2 amide bonds. The van der Waals surface area contributed by atoms with Gasteiger partial charge in [0.1, 0.15) is 5.82 Å². The molecule has 0 bridgehead atoms. The number of nitrogens with zero attached hydrogens (tertiary/aromatic N) is 3. The third kappa shape index (κ3) is 6.56. The fourth-order valence-electron chi connectivity index (χ4n) is 3.85. The van der Waals surface area contributed by atoms with Crippen molar-refractivity contribution in [3.05, 3.63) is 48.0 Å². The molecule has 4 N–H and O–H groups in total. The Labute approximate surface area is 209 Å². The second-order valence-corrected chi connectivity index (χ2v) is 11.8. The highest BCUT2D eigenvalue weighted by atomic mass is 32.2. The zero-order valence-electron chi connectivity index (χ0n) is 19.7. The lowest BCUT2D eigenvalue weighted by Crippen LogP contribution is -2.30. The lowest BCUT2D eigenvalue weighted by atomic mass is 10.2. The minimum Gasteiger partial charge on any atom is -0.394 e. The number of thiophene rings is 1. The van der Waals surface area contributed by atoms with Gasteiger partial charge in [-0.3, -0.25) is 0 Å². The van der Waals surface area contributed by atoms with Crippen LogP contribution in [0, 0.1) is 0 Å². The van der Waals surface area contributed by atoms with Crippen molar-refractivity contribution >= 4 is 44.6 Å². The van der Waals surface area contributed by atoms with Crippen LogP contribution in [-0.2, 0) is 9.73 Å². The second kappa shape index (κ2) is 11.1. The third-order valence-corrected chi connectivity index (χ3v) is 8.28. The normalized spacial score (nSPS) is 16.3. The molecule has 1 aliphatic carbocycles. The average molecular weight is 515 g/mol. The van der Waals surface area contributed by atoms with Gasteiger partial charge in [0.05, 0.1) is 21.9 Å². The molecule has 0 aliphatic heterocycles. The number of urea groups is 1. The van der Waals surface area contributed by atoms with Gasteiger partial charge in [-0.25, -0.2) is 14.0 Å². The van der Waals surface area contributed by atoms with E-state index < -0.39 is 15.8 Å². The Hall–Kier alpha value is -3.02. The van der Waals surface area contributed by atoms with Crippen LogP contribution in [0.1, 0.15) is 32.6 Å². The standard InChI is InChI=1S/C24H30N6O3S2/c1-16(15-31)26-22-20(21-8-5-13-34-21)14-25-23(29-22)27-18-9-11-19(12-10-18)35(2,33)30-24(32)28-17-6-3-4-7-17/h5,8-14,16-17,31H,3-4,6-7,15H2,1-2H3,(H,28,32)(H2,25,26,27,29)/t16-,35?/m1/s1. The predicted molar refractivity (Wildman–Crippen MR) is 141 cm³/mol. The van der Waals surface area contributed by atoms with E-state index in [0.29, 0.717) is 22.3 Å². The van der Waals surface area contributed by atoms with Crippen molar-refractivity contribution in [2.24, 2.45) is 4.36 Å². The molecule has 3 aromatic rings. The van der Waals surface area contributed by atoms with Gasteiger partial charge in [0, 0.05) is 40.0 Å². The van der Waals surface area contributed by atoms with E-state index in [1.165, 1.54) is 6.26 Å². The number of benzene rings is 1. The maximum Gasteiger partial charge on any atom is 0.349 e. The quantitative estimate of drug-likeness (QED) is 0.338. The summed E-state index contributed by atoms with van der Waals surface area (Å²) < 4.78 is 17.0. The van der Waals surface area contributed by atoms with E-state index in [4.69, 9.17) is 0 Å². The summed E-state index contributed by atoms with van der Waals surface area (Å²) in [6.45, 7) is 1.84. The molecular weight excluding hydrogens is 484 g/mol. The summed E-state index contributed by atoms with van der Waals surface area (Å²) in [6.07, 6.45) is 7.29. The molecule has 2 atom stereocenters. The Bertz CT molecular complexity index is 1260. The van der Waals surface area contributed by atoms with E-state index in [1.807, 2.05) is 24.4 Å². The Balaban J connectivity index is 1.49. The van der Waals surface area contributed by atoms with E-state index in [0.717, 1.165) is 36.1 Å². The van der Waals surface area contributed by atoms with Crippen molar-refractivity contribution in [2.45, 2.75) is 49.6 Å². The number of hydrogen-bond donors (Lipinski definition) is 4. The number of aliphatic hydroxyl groups excluding tert-OH is 1. The SMILES string of the molecule is C[C@H](CO)Nc1nc(Nc2ccc(S(C)(=O)=NC(=O)NC3CCCC3)cc2)ncc1-c1cccs1.